The minimum Gasteiger partial charge on any atom is -0.497 e. The zero-order valence-electron chi connectivity index (χ0n) is 13.3. The quantitative estimate of drug-likeness (QED) is 0.879. The molecule has 8 heteroatoms. The van der Waals surface area contributed by atoms with Crippen molar-refractivity contribution in [2.75, 3.05) is 33.9 Å². The smallest absolute Gasteiger partial charge is 0.246 e. The highest BCUT2D eigenvalue weighted by Gasteiger charge is 2.38. The van der Waals surface area contributed by atoms with Gasteiger partial charge in [0.05, 0.1) is 14.2 Å². The van der Waals surface area contributed by atoms with Crippen molar-refractivity contribution in [2.45, 2.75) is 23.8 Å². The number of fused-ring (bicyclic) bond motifs is 1. The first-order chi connectivity index (χ1) is 10.6. The van der Waals surface area contributed by atoms with Crippen LogP contribution in [0.1, 0.15) is 12.8 Å². The average Bonchev–Trinajstić information content (AvgIpc) is 3.01. The van der Waals surface area contributed by atoms with Crippen LogP contribution in [-0.2, 0) is 10.0 Å². The third kappa shape index (κ3) is 3.42. The molecule has 0 bridgehead atoms. The number of hydrogen-bond donors (Lipinski definition) is 1. The van der Waals surface area contributed by atoms with Crippen molar-refractivity contribution in [3.63, 3.8) is 0 Å². The van der Waals surface area contributed by atoms with Crippen molar-refractivity contribution in [1.29, 1.82) is 0 Å². The summed E-state index contributed by atoms with van der Waals surface area (Å²) >= 11 is 0. The average molecular weight is 363 g/mol. The lowest BCUT2D eigenvalue weighted by atomic mass is 9.95. The van der Waals surface area contributed by atoms with Crippen molar-refractivity contribution in [3.8, 4) is 11.5 Å². The highest BCUT2D eigenvalue weighted by molar-refractivity contribution is 7.89. The lowest BCUT2D eigenvalue weighted by Crippen LogP contribution is -2.46. The Morgan fingerprint density at radius 1 is 1.22 bits per heavy atom. The lowest BCUT2D eigenvalue weighted by Gasteiger charge is -2.34. The first kappa shape index (κ1) is 18.3. The molecule has 0 radical (unpaired) electrons. The van der Waals surface area contributed by atoms with Gasteiger partial charge < -0.3 is 14.8 Å². The number of piperidine rings is 1. The van der Waals surface area contributed by atoms with E-state index in [-0.39, 0.29) is 17.3 Å². The Kier molecular flexibility index (Phi) is 5.78. The van der Waals surface area contributed by atoms with Gasteiger partial charge >= 0.3 is 0 Å². The van der Waals surface area contributed by atoms with Crippen LogP contribution >= 0.6 is 12.4 Å². The maximum absolute atomic E-state index is 13.0. The summed E-state index contributed by atoms with van der Waals surface area (Å²) in [5.41, 5.74) is 0. The van der Waals surface area contributed by atoms with Crippen LogP contribution in [0.4, 0.5) is 0 Å². The number of nitrogens with one attached hydrogen (secondary N) is 1. The van der Waals surface area contributed by atoms with Crippen LogP contribution in [0.3, 0.4) is 0 Å². The summed E-state index contributed by atoms with van der Waals surface area (Å²) in [4.78, 5) is 0.179. The maximum Gasteiger partial charge on any atom is 0.246 e. The molecule has 23 heavy (non-hydrogen) atoms. The number of halogens is 1. The van der Waals surface area contributed by atoms with Gasteiger partial charge in [-0.2, -0.15) is 4.31 Å². The fourth-order valence-corrected chi connectivity index (χ4v) is 5.04. The molecule has 2 saturated heterocycles. The Morgan fingerprint density at radius 2 is 2.00 bits per heavy atom. The van der Waals surface area contributed by atoms with Crippen LogP contribution in [-0.4, -0.2) is 52.6 Å². The van der Waals surface area contributed by atoms with Gasteiger partial charge in [0, 0.05) is 25.2 Å². The molecule has 0 aliphatic carbocycles. The fraction of sp³-hybridized carbons (Fsp3) is 0.600. The molecule has 1 aromatic rings. The second-order valence-electron chi connectivity index (χ2n) is 5.78. The van der Waals surface area contributed by atoms with Crippen molar-refractivity contribution >= 4 is 22.4 Å². The molecule has 2 aliphatic heterocycles. The van der Waals surface area contributed by atoms with E-state index in [0.29, 0.717) is 36.5 Å². The van der Waals surface area contributed by atoms with E-state index >= 15 is 0 Å². The van der Waals surface area contributed by atoms with Gasteiger partial charge in [-0.3, -0.25) is 0 Å². The summed E-state index contributed by atoms with van der Waals surface area (Å²) in [6, 6.07) is 5.33. The second-order valence-corrected chi connectivity index (χ2v) is 7.68. The van der Waals surface area contributed by atoms with E-state index in [4.69, 9.17) is 9.47 Å². The van der Waals surface area contributed by atoms with Gasteiger partial charge in [-0.25, -0.2) is 8.42 Å². The summed E-state index contributed by atoms with van der Waals surface area (Å²) in [5.74, 6) is 1.27. The molecule has 2 fully saturated rings. The van der Waals surface area contributed by atoms with Crippen LogP contribution in [0.2, 0.25) is 0 Å². The van der Waals surface area contributed by atoms with Crippen molar-refractivity contribution in [3.05, 3.63) is 18.2 Å². The van der Waals surface area contributed by atoms with E-state index in [9.17, 15) is 8.42 Å². The molecule has 0 amide bonds. The van der Waals surface area contributed by atoms with Crippen LogP contribution in [0.5, 0.6) is 11.5 Å². The number of ether oxygens (including phenoxy) is 2. The summed E-state index contributed by atoms with van der Waals surface area (Å²) in [6.07, 6.45) is 1.89. The first-order valence-electron chi connectivity index (χ1n) is 7.52. The first-order valence-corrected chi connectivity index (χ1v) is 8.96. The van der Waals surface area contributed by atoms with Gasteiger partial charge in [0.2, 0.25) is 10.0 Å². The van der Waals surface area contributed by atoms with E-state index in [1.165, 1.54) is 20.3 Å². The highest BCUT2D eigenvalue weighted by Crippen LogP contribution is 2.34. The third-order valence-corrected chi connectivity index (χ3v) is 6.49. The highest BCUT2D eigenvalue weighted by atomic mass is 35.5. The molecule has 6 nitrogen and oxygen atoms in total. The zero-order valence-corrected chi connectivity index (χ0v) is 15.0. The maximum atomic E-state index is 13.0. The molecule has 2 heterocycles. The molecule has 1 aromatic carbocycles. The zero-order chi connectivity index (χ0) is 15.7. The molecule has 3 rings (SSSR count). The van der Waals surface area contributed by atoms with E-state index in [0.717, 1.165) is 19.4 Å². The SMILES string of the molecule is COc1ccc(OC)c(S(=O)(=O)N2CCC3NCCC3C2)c1.Cl. The minimum atomic E-state index is -3.58. The van der Waals surface area contributed by atoms with Crippen LogP contribution in [0, 0.1) is 5.92 Å². The molecule has 2 atom stereocenters. The number of rotatable bonds is 4. The van der Waals surface area contributed by atoms with Gasteiger partial charge in [0.15, 0.2) is 0 Å². The van der Waals surface area contributed by atoms with Crippen molar-refractivity contribution in [2.24, 2.45) is 5.92 Å². The van der Waals surface area contributed by atoms with Gasteiger partial charge in [-0.05, 0) is 37.4 Å². The van der Waals surface area contributed by atoms with Crippen molar-refractivity contribution in [1.82, 2.24) is 9.62 Å². The van der Waals surface area contributed by atoms with Crippen LogP contribution < -0.4 is 14.8 Å². The van der Waals surface area contributed by atoms with Gasteiger partial charge in [0.1, 0.15) is 16.4 Å². The Balaban J connectivity index is 0.00000192. The molecule has 0 saturated carbocycles. The molecule has 2 aliphatic rings. The fourth-order valence-electron chi connectivity index (χ4n) is 3.36. The van der Waals surface area contributed by atoms with Crippen LogP contribution in [0.25, 0.3) is 0 Å². The Labute approximate surface area is 143 Å². The summed E-state index contributed by atoms with van der Waals surface area (Å²) in [7, 11) is -0.574. The van der Waals surface area contributed by atoms with Gasteiger partial charge in [-0.15, -0.1) is 12.4 Å². The molecule has 0 spiro atoms. The Morgan fingerprint density at radius 3 is 2.70 bits per heavy atom. The molecule has 130 valence electrons. The molecule has 0 aromatic heterocycles. The lowest BCUT2D eigenvalue weighted by molar-refractivity contribution is 0.246. The number of benzene rings is 1. The Hall–Kier alpha value is -1.02. The number of hydrogen-bond acceptors (Lipinski definition) is 5. The normalized spacial score (nSPS) is 24.6. The second kappa shape index (κ2) is 7.25. The van der Waals surface area contributed by atoms with E-state index in [1.807, 2.05) is 0 Å². The number of nitrogens with zero attached hydrogens (tertiary/aromatic N) is 1. The molecular formula is C15H23ClN2O4S. The van der Waals surface area contributed by atoms with E-state index in [2.05, 4.69) is 5.32 Å². The number of sulfonamides is 1. The standard InChI is InChI=1S/C15H22N2O4S.ClH/c1-20-12-3-4-14(21-2)15(9-12)22(18,19)17-8-6-13-11(10-17)5-7-16-13;/h3-4,9,11,13,16H,5-8,10H2,1-2H3;1H. The van der Waals surface area contributed by atoms with Crippen LogP contribution in [0.15, 0.2) is 23.1 Å². The summed E-state index contributed by atoms with van der Waals surface area (Å²) in [5, 5.41) is 3.44. The number of methoxy groups -OCH3 is 2. The predicted octanol–water partition coefficient (Wildman–Crippen LogP) is 1.50. The molecule has 1 N–H and O–H groups in total. The van der Waals surface area contributed by atoms with Gasteiger partial charge in [0.25, 0.3) is 0 Å². The largest absolute Gasteiger partial charge is 0.497 e. The summed E-state index contributed by atoms with van der Waals surface area (Å²) in [6.45, 7) is 2.09. The minimum absolute atomic E-state index is 0. The van der Waals surface area contributed by atoms with E-state index < -0.39 is 10.0 Å². The molecule has 2 unspecified atom stereocenters. The predicted molar refractivity (Wildman–Crippen MR) is 90.1 cm³/mol. The van der Waals surface area contributed by atoms with Gasteiger partial charge in [-0.1, -0.05) is 0 Å². The molecular weight excluding hydrogens is 340 g/mol. The summed E-state index contributed by atoms with van der Waals surface area (Å²) < 4.78 is 38.0. The monoisotopic (exact) mass is 362 g/mol. The Bertz CT molecular complexity index is 653. The topological polar surface area (TPSA) is 67.9 Å². The van der Waals surface area contributed by atoms with E-state index in [1.54, 1.807) is 16.4 Å². The van der Waals surface area contributed by atoms with Crippen molar-refractivity contribution < 1.29 is 17.9 Å². The third-order valence-electron chi connectivity index (χ3n) is 4.61.